The van der Waals surface area contributed by atoms with Gasteiger partial charge in [0.05, 0.1) is 16.8 Å². The molecule has 1 aliphatic rings. The number of carbonyl (C=O) groups is 2. The van der Waals surface area contributed by atoms with Crippen molar-refractivity contribution in [1.29, 1.82) is 0 Å². The molecule has 1 aliphatic carbocycles. The molecule has 0 amide bonds. The van der Waals surface area contributed by atoms with Crippen LogP contribution in [0.25, 0.3) is 22.2 Å². The Morgan fingerprint density at radius 1 is 0.781 bits per heavy atom. The number of Topliss-reactive ketones (excluding diaryl/α,β-unsaturated/α-hetero) is 2. The highest BCUT2D eigenvalue weighted by molar-refractivity contribution is 6.54. The molecule has 0 fully saturated rings. The fourth-order valence-electron chi connectivity index (χ4n) is 4.78. The molecular weight excluding hydrogens is 396 g/mol. The van der Waals surface area contributed by atoms with Crippen molar-refractivity contribution in [2.75, 3.05) is 18.0 Å². The largest absolute Gasteiger partial charge is 0.371 e. The molecule has 0 unspecified atom stereocenters. The van der Waals surface area contributed by atoms with Gasteiger partial charge in [-0.2, -0.15) is 0 Å². The van der Waals surface area contributed by atoms with E-state index in [9.17, 15) is 9.59 Å². The van der Waals surface area contributed by atoms with Crippen LogP contribution in [-0.4, -0.2) is 29.2 Å². The Kier molecular flexibility index (Phi) is 6.78. The van der Waals surface area contributed by atoms with Gasteiger partial charge < -0.3 is 9.47 Å². The summed E-state index contributed by atoms with van der Waals surface area (Å²) in [7, 11) is 0. The molecule has 0 N–H and O–H groups in total. The maximum Gasteiger partial charge on any atom is 0.236 e. The minimum Gasteiger partial charge on any atom is -0.371 e. The molecule has 0 bridgehead atoms. The number of rotatable bonds is 10. The molecule has 168 valence electrons. The van der Waals surface area contributed by atoms with Crippen LogP contribution < -0.4 is 4.90 Å². The van der Waals surface area contributed by atoms with E-state index in [1.807, 2.05) is 18.2 Å². The zero-order valence-corrected chi connectivity index (χ0v) is 19.6. The fraction of sp³-hybridized carbons (Fsp3) is 0.429. The summed E-state index contributed by atoms with van der Waals surface area (Å²) < 4.78 is 2.29. The fourth-order valence-corrected chi connectivity index (χ4v) is 4.78. The van der Waals surface area contributed by atoms with E-state index in [4.69, 9.17) is 0 Å². The highest BCUT2D eigenvalue weighted by Crippen LogP contribution is 2.41. The van der Waals surface area contributed by atoms with E-state index in [-0.39, 0.29) is 11.6 Å². The van der Waals surface area contributed by atoms with E-state index in [2.05, 4.69) is 48.4 Å². The predicted octanol–water partition coefficient (Wildman–Crippen LogP) is 6.89. The van der Waals surface area contributed by atoms with E-state index >= 15 is 0 Å². The topological polar surface area (TPSA) is 42.3 Å². The second-order valence-electron chi connectivity index (χ2n) is 8.83. The average Bonchev–Trinajstić information content (AvgIpc) is 3.15. The SMILES string of the molecule is CCCCN(CCCC)c1ccc2c3c(n(CCCC)c2c1)-c1ccccc1C(=O)C3=O. The predicted molar refractivity (Wildman–Crippen MR) is 133 cm³/mol. The summed E-state index contributed by atoms with van der Waals surface area (Å²) in [5, 5.41) is 0.902. The van der Waals surface area contributed by atoms with Gasteiger partial charge in [0.2, 0.25) is 11.6 Å². The molecular formula is C28H34N2O2. The first-order chi connectivity index (χ1) is 15.6. The minimum atomic E-state index is -0.390. The Hall–Kier alpha value is -2.88. The summed E-state index contributed by atoms with van der Waals surface area (Å²) in [6, 6.07) is 14.0. The monoisotopic (exact) mass is 430 g/mol. The molecule has 0 aliphatic heterocycles. The second kappa shape index (κ2) is 9.72. The van der Waals surface area contributed by atoms with Crippen LogP contribution in [0.15, 0.2) is 42.5 Å². The van der Waals surface area contributed by atoms with Gasteiger partial charge in [0.25, 0.3) is 0 Å². The van der Waals surface area contributed by atoms with Gasteiger partial charge >= 0.3 is 0 Å². The van der Waals surface area contributed by atoms with E-state index < -0.39 is 0 Å². The lowest BCUT2D eigenvalue weighted by molar-refractivity contribution is 0.0816. The lowest BCUT2D eigenvalue weighted by Gasteiger charge is -2.25. The normalized spacial score (nSPS) is 12.8. The van der Waals surface area contributed by atoms with Crippen LogP contribution in [0.5, 0.6) is 0 Å². The number of benzene rings is 2. The zero-order valence-electron chi connectivity index (χ0n) is 19.6. The number of aromatic nitrogens is 1. The lowest BCUT2D eigenvalue weighted by atomic mass is 9.87. The van der Waals surface area contributed by atoms with Gasteiger partial charge in [0.1, 0.15) is 0 Å². The number of anilines is 1. The first kappa shape index (κ1) is 22.3. The molecule has 1 aromatic heterocycles. The maximum atomic E-state index is 13.2. The van der Waals surface area contributed by atoms with Crippen molar-refractivity contribution < 1.29 is 9.59 Å². The van der Waals surface area contributed by atoms with Gasteiger partial charge in [-0.3, -0.25) is 9.59 Å². The first-order valence-electron chi connectivity index (χ1n) is 12.2. The molecule has 0 atom stereocenters. The third-order valence-electron chi connectivity index (χ3n) is 6.57. The van der Waals surface area contributed by atoms with Crippen LogP contribution in [0.1, 0.15) is 80.0 Å². The third-order valence-corrected chi connectivity index (χ3v) is 6.57. The minimum absolute atomic E-state index is 0.375. The highest BCUT2D eigenvalue weighted by atomic mass is 16.2. The van der Waals surface area contributed by atoms with Crippen molar-refractivity contribution in [3.63, 3.8) is 0 Å². The van der Waals surface area contributed by atoms with E-state index in [0.717, 1.165) is 67.5 Å². The van der Waals surface area contributed by atoms with E-state index in [1.54, 1.807) is 6.07 Å². The van der Waals surface area contributed by atoms with Crippen molar-refractivity contribution >= 4 is 28.2 Å². The quantitative estimate of drug-likeness (QED) is 0.329. The van der Waals surface area contributed by atoms with Gasteiger partial charge in [-0.1, -0.05) is 64.3 Å². The summed E-state index contributed by atoms with van der Waals surface area (Å²) in [6.07, 6.45) is 6.76. The van der Waals surface area contributed by atoms with Crippen molar-refractivity contribution in [2.24, 2.45) is 0 Å². The molecule has 4 rings (SSSR count). The molecule has 0 spiro atoms. The van der Waals surface area contributed by atoms with Gasteiger partial charge in [0.15, 0.2) is 0 Å². The number of ketones is 2. The lowest BCUT2D eigenvalue weighted by Crippen LogP contribution is -2.25. The molecule has 0 saturated heterocycles. The van der Waals surface area contributed by atoms with Crippen LogP contribution >= 0.6 is 0 Å². The van der Waals surface area contributed by atoms with Crippen molar-refractivity contribution in [1.82, 2.24) is 4.57 Å². The Labute approximate surface area is 191 Å². The van der Waals surface area contributed by atoms with Crippen molar-refractivity contribution in [3.8, 4) is 11.3 Å². The Morgan fingerprint density at radius 2 is 1.44 bits per heavy atom. The maximum absolute atomic E-state index is 13.2. The number of aryl methyl sites for hydroxylation is 1. The zero-order chi connectivity index (χ0) is 22.7. The Morgan fingerprint density at radius 3 is 2.09 bits per heavy atom. The van der Waals surface area contributed by atoms with Gasteiger partial charge in [0, 0.05) is 41.8 Å². The molecule has 4 nitrogen and oxygen atoms in total. The number of carbonyl (C=O) groups excluding carboxylic acids is 2. The van der Waals surface area contributed by atoms with Gasteiger partial charge in [-0.05, 0) is 37.5 Å². The highest BCUT2D eigenvalue weighted by Gasteiger charge is 2.35. The average molecular weight is 431 g/mol. The number of nitrogens with zero attached hydrogens (tertiary/aromatic N) is 2. The summed E-state index contributed by atoms with van der Waals surface area (Å²) >= 11 is 0. The first-order valence-corrected chi connectivity index (χ1v) is 12.2. The number of hydrogen-bond donors (Lipinski definition) is 0. The van der Waals surface area contributed by atoms with E-state index in [1.165, 1.54) is 18.5 Å². The van der Waals surface area contributed by atoms with Crippen LogP contribution in [0.2, 0.25) is 0 Å². The molecule has 2 aromatic carbocycles. The summed E-state index contributed by atoms with van der Waals surface area (Å²) in [5.41, 5.74) is 5.18. The van der Waals surface area contributed by atoms with Crippen LogP contribution in [0.3, 0.4) is 0 Å². The second-order valence-corrected chi connectivity index (χ2v) is 8.83. The molecule has 4 heteroatoms. The molecule has 3 aromatic rings. The van der Waals surface area contributed by atoms with Crippen LogP contribution in [0, 0.1) is 0 Å². The summed E-state index contributed by atoms with van der Waals surface area (Å²) in [4.78, 5) is 28.6. The summed E-state index contributed by atoms with van der Waals surface area (Å²) in [6.45, 7) is 9.56. The number of hydrogen-bond acceptors (Lipinski definition) is 3. The Bertz CT molecular complexity index is 1130. The smallest absolute Gasteiger partial charge is 0.236 e. The standard InChI is InChI=1S/C28H34N2O2/c1-4-7-16-29(17-8-5-2)20-14-15-23-24(19-20)30(18-9-6-3)26-21-12-10-11-13-22(21)27(31)28(32)25(23)26/h10-15,19H,4-9,16-18H2,1-3H3. The molecule has 0 saturated carbocycles. The van der Waals surface area contributed by atoms with E-state index in [0.29, 0.717) is 11.1 Å². The van der Waals surface area contributed by atoms with Crippen LogP contribution in [0.4, 0.5) is 5.69 Å². The molecule has 32 heavy (non-hydrogen) atoms. The van der Waals surface area contributed by atoms with Crippen LogP contribution in [-0.2, 0) is 6.54 Å². The third kappa shape index (κ3) is 3.87. The molecule has 1 heterocycles. The number of fused-ring (bicyclic) bond motifs is 5. The van der Waals surface area contributed by atoms with Crippen molar-refractivity contribution in [2.45, 2.75) is 65.8 Å². The number of unbranched alkanes of at least 4 members (excludes halogenated alkanes) is 3. The van der Waals surface area contributed by atoms with Gasteiger partial charge in [-0.25, -0.2) is 0 Å². The van der Waals surface area contributed by atoms with Gasteiger partial charge in [-0.15, -0.1) is 0 Å². The Balaban J connectivity index is 1.92. The summed E-state index contributed by atoms with van der Waals surface area (Å²) in [5.74, 6) is -0.764. The molecule has 0 radical (unpaired) electrons. The van der Waals surface area contributed by atoms with Crippen molar-refractivity contribution in [3.05, 3.63) is 53.6 Å².